The van der Waals surface area contributed by atoms with Crippen LogP contribution in [-0.4, -0.2) is 28.6 Å². The van der Waals surface area contributed by atoms with E-state index in [1.807, 2.05) is 31.2 Å². The molecule has 3 aromatic rings. The first kappa shape index (κ1) is 22.6. The zero-order valence-electron chi connectivity index (χ0n) is 18.0. The standard InChI is InChI=1S/C26H24N2O4/c1-19-20(6-5-15-27-19)8-11-23(29)16-24(30)12-9-21-10-13-25(17-26(21)31-2)32-18-22-7-3-4-14-28-22/h3-15,17H,16,18H2,1-2H3/b11-8+,12-9+. The predicted molar refractivity (Wildman–Crippen MR) is 123 cm³/mol. The molecular weight excluding hydrogens is 404 g/mol. The monoisotopic (exact) mass is 428 g/mol. The Morgan fingerprint density at radius 1 is 0.906 bits per heavy atom. The van der Waals surface area contributed by atoms with E-state index in [4.69, 9.17) is 9.47 Å². The number of pyridine rings is 2. The maximum atomic E-state index is 12.2. The molecule has 0 spiro atoms. The van der Waals surface area contributed by atoms with Gasteiger partial charge in [0.15, 0.2) is 11.6 Å². The molecule has 2 aromatic heterocycles. The molecule has 6 nitrogen and oxygen atoms in total. The van der Waals surface area contributed by atoms with Crippen molar-refractivity contribution in [1.82, 2.24) is 9.97 Å². The molecule has 0 saturated heterocycles. The third kappa shape index (κ3) is 6.74. The number of benzene rings is 1. The van der Waals surface area contributed by atoms with E-state index in [0.717, 1.165) is 17.0 Å². The van der Waals surface area contributed by atoms with E-state index in [0.29, 0.717) is 23.7 Å². The average Bonchev–Trinajstić information content (AvgIpc) is 2.81. The topological polar surface area (TPSA) is 78.4 Å². The lowest BCUT2D eigenvalue weighted by Crippen LogP contribution is -2.02. The van der Waals surface area contributed by atoms with E-state index >= 15 is 0 Å². The van der Waals surface area contributed by atoms with Crippen molar-refractivity contribution in [3.05, 3.63) is 95.6 Å². The zero-order chi connectivity index (χ0) is 22.8. The Morgan fingerprint density at radius 3 is 2.34 bits per heavy atom. The highest BCUT2D eigenvalue weighted by molar-refractivity contribution is 6.11. The molecule has 0 saturated carbocycles. The Bertz CT molecular complexity index is 1140. The van der Waals surface area contributed by atoms with Gasteiger partial charge in [-0.15, -0.1) is 0 Å². The van der Waals surface area contributed by atoms with E-state index in [1.165, 1.54) is 12.2 Å². The highest BCUT2D eigenvalue weighted by atomic mass is 16.5. The van der Waals surface area contributed by atoms with Crippen LogP contribution in [0.4, 0.5) is 0 Å². The Labute approximate surface area is 187 Å². The number of ether oxygens (including phenoxy) is 2. The average molecular weight is 428 g/mol. The number of methoxy groups -OCH3 is 1. The van der Waals surface area contributed by atoms with Gasteiger partial charge >= 0.3 is 0 Å². The van der Waals surface area contributed by atoms with Crippen molar-refractivity contribution in [2.75, 3.05) is 7.11 Å². The Hall–Kier alpha value is -4.06. The summed E-state index contributed by atoms with van der Waals surface area (Å²) in [7, 11) is 1.55. The van der Waals surface area contributed by atoms with Crippen molar-refractivity contribution in [2.24, 2.45) is 0 Å². The lowest BCUT2D eigenvalue weighted by atomic mass is 10.1. The molecule has 0 N–H and O–H groups in total. The van der Waals surface area contributed by atoms with Crippen molar-refractivity contribution in [1.29, 1.82) is 0 Å². The third-order valence-corrected chi connectivity index (χ3v) is 4.61. The molecule has 0 radical (unpaired) electrons. The van der Waals surface area contributed by atoms with Crippen molar-refractivity contribution in [2.45, 2.75) is 20.0 Å². The summed E-state index contributed by atoms with van der Waals surface area (Å²) in [5, 5.41) is 0. The number of nitrogens with zero attached hydrogens (tertiary/aromatic N) is 2. The number of aromatic nitrogens is 2. The lowest BCUT2D eigenvalue weighted by Gasteiger charge is -2.09. The second kappa shape index (κ2) is 11.4. The zero-order valence-corrected chi connectivity index (χ0v) is 18.0. The van der Waals surface area contributed by atoms with Crippen LogP contribution in [0.1, 0.15) is 28.9 Å². The molecule has 32 heavy (non-hydrogen) atoms. The first-order chi connectivity index (χ1) is 15.5. The number of hydrogen-bond acceptors (Lipinski definition) is 6. The number of carbonyl (C=O) groups is 2. The molecule has 0 bridgehead atoms. The maximum absolute atomic E-state index is 12.2. The van der Waals surface area contributed by atoms with E-state index in [9.17, 15) is 9.59 Å². The maximum Gasteiger partial charge on any atom is 0.163 e. The first-order valence-corrected chi connectivity index (χ1v) is 10.1. The van der Waals surface area contributed by atoms with Crippen LogP contribution in [0.5, 0.6) is 11.5 Å². The molecule has 162 valence electrons. The third-order valence-electron chi connectivity index (χ3n) is 4.61. The van der Waals surface area contributed by atoms with Crippen LogP contribution in [0.3, 0.4) is 0 Å². The summed E-state index contributed by atoms with van der Waals surface area (Å²) in [5.74, 6) is 0.626. The fourth-order valence-corrected chi connectivity index (χ4v) is 2.89. The second-order valence-electron chi connectivity index (χ2n) is 6.97. The Morgan fingerprint density at radius 2 is 1.66 bits per heavy atom. The number of allylic oxidation sites excluding steroid dienone is 2. The summed E-state index contributed by atoms with van der Waals surface area (Å²) in [6.07, 6.45) is 9.29. The number of ketones is 2. The van der Waals surface area contributed by atoms with Gasteiger partial charge in [0.2, 0.25) is 0 Å². The molecule has 3 rings (SSSR count). The Kier molecular flexibility index (Phi) is 8.03. The minimum absolute atomic E-state index is 0.208. The molecule has 0 fully saturated rings. The summed E-state index contributed by atoms with van der Waals surface area (Å²) in [6.45, 7) is 2.20. The molecule has 0 atom stereocenters. The molecule has 0 amide bonds. The summed E-state index contributed by atoms with van der Waals surface area (Å²) in [6, 6.07) is 14.6. The number of aryl methyl sites for hydroxylation is 1. The fourth-order valence-electron chi connectivity index (χ4n) is 2.89. The summed E-state index contributed by atoms with van der Waals surface area (Å²) < 4.78 is 11.2. The predicted octanol–water partition coefficient (Wildman–Crippen LogP) is 4.63. The minimum atomic E-state index is -0.292. The van der Waals surface area contributed by atoms with E-state index < -0.39 is 0 Å². The van der Waals surface area contributed by atoms with Gasteiger partial charge in [-0.05, 0) is 67.1 Å². The van der Waals surface area contributed by atoms with Crippen molar-refractivity contribution < 1.29 is 19.1 Å². The largest absolute Gasteiger partial charge is 0.496 e. The van der Waals surface area contributed by atoms with Crippen molar-refractivity contribution in [3.63, 3.8) is 0 Å². The van der Waals surface area contributed by atoms with Crippen LogP contribution in [0.2, 0.25) is 0 Å². The lowest BCUT2D eigenvalue weighted by molar-refractivity contribution is -0.121. The van der Waals surface area contributed by atoms with E-state index in [1.54, 1.807) is 55.9 Å². The van der Waals surface area contributed by atoms with Gasteiger partial charge in [-0.25, -0.2) is 0 Å². The molecule has 0 aliphatic rings. The van der Waals surface area contributed by atoms with Crippen LogP contribution in [-0.2, 0) is 16.2 Å². The van der Waals surface area contributed by atoms with Gasteiger partial charge in [0.25, 0.3) is 0 Å². The van der Waals surface area contributed by atoms with Gasteiger partial charge in [0, 0.05) is 29.7 Å². The Balaban J connectivity index is 1.58. The summed E-state index contributed by atoms with van der Waals surface area (Å²) in [4.78, 5) is 32.7. The fraction of sp³-hybridized carbons (Fsp3) is 0.154. The first-order valence-electron chi connectivity index (χ1n) is 10.1. The van der Waals surface area contributed by atoms with Gasteiger partial charge in [0.1, 0.15) is 18.1 Å². The van der Waals surface area contributed by atoms with Crippen LogP contribution in [0.25, 0.3) is 12.2 Å². The molecule has 1 aromatic carbocycles. The second-order valence-corrected chi connectivity index (χ2v) is 6.97. The van der Waals surface area contributed by atoms with Crippen LogP contribution < -0.4 is 9.47 Å². The SMILES string of the molecule is COc1cc(OCc2ccccn2)ccc1/C=C/C(=O)CC(=O)/C=C/c1cccnc1C. The van der Waals surface area contributed by atoms with Crippen LogP contribution in [0, 0.1) is 6.92 Å². The normalized spacial score (nSPS) is 11.1. The highest BCUT2D eigenvalue weighted by Crippen LogP contribution is 2.26. The molecule has 2 heterocycles. The van der Waals surface area contributed by atoms with Crippen LogP contribution in [0.15, 0.2) is 73.1 Å². The highest BCUT2D eigenvalue weighted by Gasteiger charge is 2.07. The summed E-state index contributed by atoms with van der Waals surface area (Å²) in [5.41, 5.74) is 3.19. The van der Waals surface area contributed by atoms with Gasteiger partial charge in [-0.2, -0.15) is 0 Å². The van der Waals surface area contributed by atoms with Gasteiger partial charge in [-0.1, -0.05) is 12.1 Å². The molecule has 0 unspecified atom stereocenters. The molecular formula is C26H24N2O4. The van der Waals surface area contributed by atoms with Crippen molar-refractivity contribution in [3.8, 4) is 11.5 Å². The van der Waals surface area contributed by atoms with Gasteiger partial charge in [-0.3, -0.25) is 19.6 Å². The van der Waals surface area contributed by atoms with Crippen LogP contribution >= 0.6 is 0 Å². The molecule has 0 aliphatic heterocycles. The number of carbonyl (C=O) groups excluding carboxylic acids is 2. The quantitative estimate of drug-likeness (QED) is 0.346. The van der Waals surface area contributed by atoms with Gasteiger partial charge < -0.3 is 9.47 Å². The van der Waals surface area contributed by atoms with Gasteiger partial charge in [0.05, 0.1) is 19.2 Å². The molecule has 0 aliphatic carbocycles. The van der Waals surface area contributed by atoms with E-state index in [-0.39, 0.29) is 18.0 Å². The van der Waals surface area contributed by atoms with Crippen molar-refractivity contribution >= 4 is 23.7 Å². The minimum Gasteiger partial charge on any atom is -0.496 e. The number of hydrogen-bond donors (Lipinski definition) is 0. The molecule has 6 heteroatoms. The summed E-state index contributed by atoms with van der Waals surface area (Å²) >= 11 is 0. The smallest absolute Gasteiger partial charge is 0.163 e. The number of rotatable bonds is 10. The van der Waals surface area contributed by atoms with E-state index in [2.05, 4.69) is 9.97 Å².